The molecule has 1 aromatic carbocycles. The molecule has 1 heterocycles. The Kier molecular flexibility index (Phi) is 3.84. The Morgan fingerprint density at radius 1 is 1.41 bits per heavy atom. The molecule has 94 valence electrons. The van der Waals surface area contributed by atoms with E-state index in [2.05, 4.69) is 16.8 Å². The van der Waals surface area contributed by atoms with Crippen LogP contribution in [-0.4, -0.2) is 44.3 Å². The summed E-state index contributed by atoms with van der Waals surface area (Å²) in [6.07, 6.45) is 1.10. The highest BCUT2D eigenvalue weighted by atomic mass is 19.1. The fourth-order valence-corrected chi connectivity index (χ4v) is 2.37. The topological polar surface area (TPSA) is 32.5 Å². The summed E-state index contributed by atoms with van der Waals surface area (Å²) < 4.78 is 12.3. The fourth-order valence-electron chi connectivity index (χ4n) is 2.37. The lowest BCUT2D eigenvalue weighted by molar-refractivity contribution is 0.294. The quantitative estimate of drug-likeness (QED) is 0.810. The highest BCUT2D eigenvalue weighted by Crippen LogP contribution is 2.22. The summed E-state index contributed by atoms with van der Waals surface area (Å²) in [6.45, 7) is 2.25. The number of likely N-dealkylation sites (N-methyl/N-ethyl adjacent to an activating group) is 1. The number of rotatable bonds is 4. The molecule has 1 aromatic rings. The van der Waals surface area contributed by atoms with Crippen LogP contribution in [0.3, 0.4) is 0 Å². The van der Waals surface area contributed by atoms with E-state index in [1.54, 1.807) is 0 Å². The summed E-state index contributed by atoms with van der Waals surface area (Å²) >= 11 is 0. The minimum absolute atomic E-state index is 0.252. The second kappa shape index (κ2) is 5.36. The summed E-state index contributed by atoms with van der Waals surface area (Å²) in [5.74, 6) is 0. The standard InChI is InChI=1S/C13H20FN3/c1-16(12-4-2-11(15)3-5-12)13-6-8-17(10-13)9-7-14/h2-5,13H,6-10,15H2,1H3/t13-/m0/s1. The monoisotopic (exact) mass is 237 g/mol. The van der Waals surface area contributed by atoms with Crippen molar-refractivity contribution in [3.63, 3.8) is 0 Å². The molecule has 1 atom stereocenters. The normalized spacial score (nSPS) is 20.7. The number of nitrogens with two attached hydrogens (primary N) is 1. The van der Waals surface area contributed by atoms with Gasteiger partial charge >= 0.3 is 0 Å². The molecule has 1 aliphatic heterocycles. The van der Waals surface area contributed by atoms with Crippen molar-refractivity contribution in [1.29, 1.82) is 0 Å². The molecule has 0 aliphatic carbocycles. The van der Waals surface area contributed by atoms with Gasteiger partial charge in [-0.2, -0.15) is 0 Å². The lowest BCUT2D eigenvalue weighted by Crippen LogP contribution is -2.35. The molecule has 17 heavy (non-hydrogen) atoms. The van der Waals surface area contributed by atoms with Crippen LogP contribution in [0.1, 0.15) is 6.42 Å². The molecular formula is C13H20FN3. The Morgan fingerprint density at radius 3 is 2.76 bits per heavy atom. The SMILES string of the molecule is CN(c1ccc(N)cc1)[C@H]1CCN(CCF)C1. The molecule has 1 fully saturated rings. The third kappa shape index (κ3) is 2.88. The molecule has 0 saturated carbocycles. The van der Waals surface area contributed by atoms with Crippen LogP contribution < -0.4 is 10.6 Å². The van der Waals surface area contributed by atoms with Gasteiger partial charge in [-0.15, -0.1) is 0 Å². The number of halogens is 1. The van der Waals surface area contributed by atoms with Crippen LogP contribution in [-0.2, 0) is 0 Å². The average Bonchev–Trinajstić information content (AvgIpc) is 2.78. The summed E-state index contributed by atoms with van der Waals surface area (Å²) in [4.78, 5) is 4.44. The highest BCUT2D eigenvalue weighted by molar-refractivity contribution is 5.53. The van der Waals surface area contributed by atoms with Crippen LogP contribution >= 0.6 is 0 Å². The number of hydrogen-bond acceptors (Lipinski definition) is 3. The summed E-state index contributed by atoms with van der Waals surface area (Å²) in [5, 5.41) is 0. The van der Waals surface area contributed by atoms with E-state index in [1.165, 1.54) is 5.69 Å². The van der Waals surface area contributed by atoms with Crippen molar-refractivity contribution < 1.29 is 4.39 Å². The first-order chi connectivity index (χ1) is 8.20. The van der Waals surface area contributed by atoms with Crippen molar-refractivity contribution >= 4 is 11.4 Å². The van der Waals surface area contributed by atoms with E-state index in [4.69, 9.17) is 5.73 Å². The number of likely N-dealkylation sites (tertiary alicyclic amines) is 1. The van der Waals surface area contributed by atoms with Gasteiger partial charge in [-0.25, -0.2) is 4.39 Å². The Labute approximate surface area is 102 Å². The lowest BCUT2D eigenvalue weighted by atomic mass is 10.2. The predicted molar refractivity (Wildman–Crippen MR) is 70.1 cm³/mol. The van der Waals surface area contributed by atoms with E-state index in [0.717, 1.165) is 25.2 Å². The van der Waals surface area contributed by atoms with Gasteiger partial charge in [0.1, 0.15) is 6.67 Å². The minimum Gasteiger partial charge on any atom is -0.399 e. The van der Waals surface area contributed by atoms with Gasteiger partial charge in [0.2, 0.25) is 0 Å². The zero-order valence-corrected chi connectivity index (χ0v) is 10.3. The molecule has 1 saturated heterocycles. The first-order valence-corrected chi connectivity index (χ1v) is 6.07. The van der Waals surface area contributed by atoms with Crippen molar-refractivity contribution in [3.8, 4) is 0 Å². The second-order valence-corrected chi connectivity index (χ2v) is 4.63. The number of nitrogen functional groups attached to an aromatic ring is 1. The maximum absolute atomic E-state index is 12.3. The summed E-state index contributed by atoms with van der Waals surface area (Å²) in [6, 6.07) is 8.38. The molecule has 0 aromatic heterocycles. The van der Waals surface area contributed by atoms with Crippen molar-refractivity contribution in [2.45, 2.75) is 12.5 Å². The molecule has 0 unspecified atom stereocenters. The smallest absolute Gasteiger partial charge is 0.102 e. The first kappa shape index (κ1) is 12.2. The van der Waals surface area contributed by atoms with Gasteiger partial charge in [-0.3, -0.25) is 4.90 Å². The molecule has 3 nitrogen and oxygen atoms in total. The molecule has 1 aliphatic rings. The van der Waals surface area contributed by atoms with Gasteiger partial charge in [0, 0.05) is 44.1 Å². The molecule has 0 bridgehead atoms. The van der Waals surface area contributed by atoms with Gasteiger partial charge in [0.05, 0.1) is 0 Å². The zero-order chi connectivity index (χ0) is 12.3. The third-order valence-corrected chi connectivity index (χ3v) is 3.50. The number of nitrogens with zero attached hydrogens (tertiary/aromatic N) is 2. The largest absolute Gasteiger partial charge is 0.399 e. The summed E-state index contributed by atoms with van der Waals surface area (Å²) in [7, 11) is 2.09. The fraction of sp³-hybridized carbons (Fsp3) is 0.538. The van der Waals surface area contributed by atoms with Crippen LogP contribution in [0.15, 0.2) is 24.3 Å². The molecule has 0 amide bonds. The van der Waals surface area contributed by atoms with Gasteiger partial charge in [0.25, 0.3) is 0 Å². The van der Waals surface area contributed by atoms with E-state index in [1.807, 2.05) is 24.3 Å². The molecule has 2 N–H and O–H groups in total. The summed E-state index contributed by atoms with van der Waals surface area (Å²) in [5.41, 5.74) is 7.63. The molecule has 4 heteroatoms. The van der Waals surface area contributed by atoms with Gasteiger partial charge < -0.3 is 10.6 Å². The van der Waals surface area contributed by atoms with Crippen molar-refractivity contribution in [2.75, 3.05) is 44.0 Å². The van der Waals surface area contributed by atoms with Crippen LogP contribution in [0.2, 0.25) is 0 Å². The molecule has 0 radical (unpaired) electrons. The van der Waals surface area contributed by atoms with Crippen LogP contribution in [0.4, 0.5) is 15.8 Å². The second-order valence-electron chi connectivity index (χ2n) is 4.63. The van der Waals surface area contributed by atoms with E-state index >= 15 is 0 Å². The third-order valence-electron chi connectivity index (χ3n) is 3.50. The number of anilines is 2. The Bertz CT molecular complexity index is 352. The zero-order valence-electron chi connectivity index (χ0n) is 10.3. The van der Waals surface area contributed by atoms with Gasteiger partial charge in [-0.1, -0.05) is 0 Å². The Balaban J connectivity index is 1.96. The Morgan fingerprint density at radius 2 is 2.12 bits per heavy atom. The number of alkyl halides is 1. The van der Waals surface area contributed by atoms with Crippen LogP contribution in [0, 0.1) is 0 Å². The average molecular weight is 237 g/mol. The van der Waals surface area contributed by atoms with Crippen molar-refractivity contribution in [2.24, 2.45) is 0 Å². The van der Waals surface area contributed by atoms with E-state index in [9.17, 15) is 4.39 Å². The van der Waals surface area contributed by atoms with Gasteiger partial charge in [0.15, 0.2) is 0 Å². The van der Waals surface area contributed by atoms with E-state index in [0.29, 0.717) is 12.6 Å². The number of benzene rings is 1. The maximum Gasteiger partial charge on any atom is 0.102 e. The lowest BCUT2D eigenvalue weighted by Gasteiger charge is -2.27. The van der Waals surface area contributed by atoms with E-state index < -0.39 is 0 Å². The first-order valence-electron chi connectivity index (χ1n) is 6.07. The molecule has 0 spiro atoms. The highest BCUT2D eigenvalue weighted by Gasteiger charge is 2.25. The Hall–Kier alpha value is -1.29. The van der Waals surface area contributed by atoms with Crippen molar-refractivity contribution in [1.82, 2.24) is 4.90 Å². The minimum atomic E-state index is -0.252. The van der Waals surface area contributed by atoms with E-state index in [-0.39, 0.29) is 6.67 Å². The van der Waals surface area contributed by atoms with Crippen LogP contribution in [0.25, 0.3) is 0 Å². The predicted octanol–water partition coefficient (Wildman–Crippen LogP) is 1.75. The van der Waals surface area contributed by atoms with Gasteiger partial charge in [-0.05, 0) is 30.7 Å². The molecule has 2 rings (SSSR count). The van der Waals surface area contributed by atoms with Crippen molar-refractivity contribution in [3.05, 3.63) is 24.3 Å². The molecular weight excluding hydrogens is 217 g/mol. The maximum atomic E-state index is 12.3. The van der Waals surface area contributed by atoms with Crippen LogP contribution in [0.5, 0.6) is 0 Å². The number of hydrogen-bond donors (Lipinski definition) is 1.